The van der Waals surface area contributed by atoms with Crippen LogP contribution in [0.4, 0.5) is 4.39 Å². The quantitative estimate of drug-likeness (QED) is 0.909. The van der Waals surface area contributed by atoms with E-state index in [9.17, 15) is 12.8 Å². The molecule has 0 unspecified atom stereocenters. The maximum atomic E-state index is 13.1. The van der Waals surface area contributed by atoms with Gasteiger partial charge in [0.2, 0.25) is 10.0 Å². The van der Waals surface area contributed by atoms with Crippen LogP contribution in [0.25, 0.3) is 0 Å². The highest BCUT2D eigenvalue weighted by molar-refractivity contribution is 7.89. The lowest BCUT2D eigenvalue weighted by atomic mass is 10.1. The van der Waals surface area contributed by atoms with Crippen LogP contribution < -0.4 is 5.32 Å². The second kappa shape index (κ2) is 5.56. The molecule has 0 radical (unpaired) electrons. The summed E-state index contributed by atoms with van der Waals surface area (Å²) in [7, 11) is -1.64. The summed E-state index contributed by atoms with van der Waals surface area (Å²) in [4.78, 5) is 0.207. The van der Waals surface area contributed by atoms with E-state index in [0.717, 1.165) is 13.0 Å². The first-order valence-electron chi connectivity index (χ1n) is 6.36. The molecular weight excluding hydrogens is 267 g/mol. The summed E-state index contributed by atoms with van der Waals surface area (Å²) in [5.41, 5.74) is 0.456. The summed E-state index contributed by atoms with van der Waals surface area (Å²) in [6.07, 6.45) is 0.861. The molecule has 0 spiro atoms. The van der Waals surface area contributed by atoms with Gasteiger partial charge in [0, 0.05) is 13.1 Å². The number of hydrogen-bond donors (Lipinski definition) is 1. The Kier molecular flexibility index (Phi) is 4.23. The van der Waals surface area contributed by atoms with Crippen molar-refractivity contribution in [3.8, 4) is 0 Å². The van der Waals surface area contributed by atoms with Crippen LogP contribution in [0.2, 0.25) is 0 Å². The van der Waals surface area contributed by atoms with Crippen LogP contribution in [0.3, 0.4) is 0 Å². The van der Waals surface area contributed by atoms with E-state index >= 15 is 0 Å². The SMILES string of the molecule is CNC[C@@H]1CCN(S(=O)(=O)c2ccc(F)cc2C)C1. The summed E-state index contributed by atoms with van der Waals surface area (Å²) in [6.45, 7) is 3.50. The molecule has 0 amide bonds. The van der Waals surface area contributed by atoms with Crippen molar-refractivity contribution in [2.24, 2.45) is 5.92 Å². The fourth-order valence-electron chi connectivity index (χ4n) is 2.51. The fraction of sp³-hybridized carbons (Fsp3) is 0.538. The van der Waals surface area contributed by atoms with Gasteiger partial charge >= 0.3 is 0 Å². The van der Waals surface area contributed by atoms with E-state index in [1.807, 2.05) is 7.05 Å². The lowest BCUT2D eigenvalue weighted by molar-refractivity contribution is 0.450. The van der Waals surface area contributed by atoms with Crippen LogP contribution in [-0.4, -0.2) is 39.4 Å². The molecule has 1 aliphatic heterocycles. The first-order chi connectivity index (χ1) is 8.95. The minimum absolute atomic E-state index is 0.207. The summed E-state index contributed by atoms with van der Waals surface area (Å²) < 4.78 is 39.6. The van der Waals surface area contributed by atoms with Crippen molar-refractivity contribution >= 4 is 10.0 Å². The maximum absolute atomic E-state index is 13.1. The monoisotopic (exact) mass is 286 g/mol. The topological polar surface area (TPSA) is 49.4 Å². The molecule has 1 N–H and O–H groups in total. The highest BCUT2D eigenvalue weighted by atomic mass is 32.2. The molecule has 2 rings (SSSR count). The van der Waals surface area contributed by atoms with E-state index in [-0.39, 0.29) is 4.90 Å². The maximum Gasteiger partial charge on any atom is 0.243 e. The molecule has 0 aliphatic carbocycles. The first-order valence-corrected chi connectivity index (χ1v) is 7.80. The Morgan fingerprint density at radius 2 is 2.21 bits per heavy atom. The predicted molar refractivity (Wildman–Crippen MR) is 71.9 cm³/mol. The zero-order valence-corrected chi connectivity index (χ0v) is 12.0. The smallest absolute Gasteiger partial charge is 0.243 e. The molecule has 1 aromatic carbocycles. The largest absolute Gasteiger partial charge is 0.319 e. The van der Waals surface area contributed by atoms with Gasteiger partial charge in [-0.1, -0.05) is 0 Å². The number of nitrogens with one attached hydrogen (secondary N) is 1. The first kappa shape index (κ1) is 14.4. The number of sulfonamides is 1. The van der Waals surface area contributed by atoms with Gasteiger partial charge in [-0.15, -0.1) is 0 Å². The molecule has 6 heteroatoms. The Hall–Kier alpha value is -0.980. The van der Waals surface area contributed by atoms with E-state index in [4.69, 9.17) is 0 Å². The van der Waals surface area contributed by atoms with E-state index in [1.165, 1.54) is 22.5 Å². The molecule has 1 saturated heterocycles. The average Bonchev–Trinajstić information content (AvgIpc) is 2.78. The number of nitrogens with zero attached hydrogens (tertiary/aromatic N) is 1. The molecular formula is C13H19FN2O2S. The van der Waals surface area contributed by atoms with Crippen molar-refractivity contribution in [1.82, 2.24) is 9.62 Å². The van der Waals surface area contributed by atoms with Gasteiger partial charge in [0.1, 0.15) is 5.82 Å². The van der Waals surface area contributed by atoms with Crippen LogP contribution in [-0.2, 0) is 10.0 Å². The third-order valence-electron chi connectivity index (χ3n) is 3.50. The Bertz CT molecular complexity index is 560. The van der Waals surface area contributed by atoms with Crippen molar-refractivity contribution < 1.29 is 12.8 Å². The minimum atomic E-state index is -3.50. The highest BCUT2D eigenvalue weighted by Crippen LogP contribution is 2.26. The lowest BCUT2D eigenvalue weighted by Gasteiger charge is -2.18. The molecule has 0 bridgehead atoms. The highest BCUT2D eigenvalue weighted by Gasteiger charge is 2.32. The normalized spacial score (nSPS) is 20.9. The van der Waals surface area contributed by atoms with Crippen molar-refractivity contribution in [2.75, 3.05) is 26.7 Å². The van der Waals surface area contributed by atoms with Gasteiger partial charge in [-0.05, 0) is 56.6 Å². The zero-order valence-electron chi connectivity index (χ0n) is 11.2. The molecule has 1 aromatic rings. The standard InChI is InChI=1S/C13H19FN2O2S/c1-10-7-12(14)3-4-13(10)19(17,18)16-6-5-11(9-16)8-15-2/h3-4,7,11,15H,5-6,8-9H2,1-2H3/t11-/m0/s1. The second-order valence-corrected chi connectivity index (χ2v) is 6.89. The molecule has 19 heavy (non-hydrogen) atoms. The van der Waals surface area contributed by atoms with Crippen LogP contribution in [0, 0.1) is 18.7 Å². The van der Waals surface area contributed by atoms with E-state index < -0.39 is 15.8 Å². The van der Waals surface area contributed by atoms with Gasteiger partial charge in [0.15, 0.2) is 0 Å². The molecule has 1 atom stereocenters. The number of aryl methyl sites for hydroxylation is 1. The molecule has 0 aromatic heterocycles. The van der Waals surface area contributed by atoms with Crippen molar-refractivity contribution in [2.45, 2.75) is 18.2 Å². The number of benzene rings is 1. The fourth-order valence-corrected chi connectivity index (χ4v) is 4.25. The van der Waals surface area contributed by atoms with Crippen LogP contribution >= 0.6 is 0 Å². The number of halogens is 1. The predicted octanol–water partition coefficient (Wildman–Crippen LogP) is 1.36. The summed E-state index contributed by atoms with van der Waals surface area (Å²) in [5, 5.41) is 3.07. The van der Waals surface area contributed by atoms with Crippen LogP contribution in [0.5, 0.6) is 0 Å². The molecule has 1 heterocycles. The van der Waals surface area contributed by atoms with Crippen LogP contribution in [0.1, 0.15) is 12.0 Å². The van der Waals surface area contributed by atoms with Crippen molar-refractivity contribution in [3.63, 3.8) is 0 Å². The molecule has 0 saturated carbocycles. The average molecular weight is 286 g/mol. The van der Waals surface area contributed by atoms with Gasteiger partial charge in [0.05, 0.1) is 4.90 Å². The third-order valence-corrected chi connectivity index (χ3v) is 5.52. The Morgan fingerprint density at radius 3 is 2.84 bits per heavy atom. The van der Waals surface area contributed by atoms with Gasteiger partial charge in [-0.2, -0.15) is 4.31 Å². The van der Waals surface area contributed by atoms with Gasteiger partial charge in [-0.3, -0.25) is 0 Å². The molecule has 1 fully saturated rings. The zero-order chi connectivity index (χ0) is 14.0. The number of hydrogen-bond acceptors (Lipinski definition) is 3. The third kappa shape index (κ3) is 2.96. The van der Waals surface area contributed by atoms with E-state index in [1.54, 1.807) is 6.92 Å². The second-order valence-electron chi connectivity index (χ2n) is 4.99. The molecule has 106 valence electrons. The van der Waals surface area contributed by atoms with Gasteiger partial charge < -0.3 is 5.32 Å². The Morgan fingerprint density at radius 1 is 1.47 bits per heavy atom. The van der Waals surface area contributed by atoms with Crippen LogP contribution in [0.15, 0.2) is 23.1 Å². The summed E-state index contributed by atoms with van der Waals surface area (Å²) >= 11 is 0. The lowest BCUT2D eigenvalue weighted by Crippen LogP contribution is -2.30. The van der Waals surface area contributed by atoms with E-state index in [2.05, 4.69) is 5.32 Å². The van der Waals surface area contributed by atoms with Gasteiger partial charge in [0.25, 0.3) is 0 Å². The summed E-state index contributed by atoms with van der Waals surface area (Å²) in [6, 6.07) is 3.81. The molecule has 1 aliphatic rings. The summed E-state index contributed by atoms with van der Waals surface area (Å²) in [5.74, 6) is -0.0635. The van der Waals surface area contributed by atoms with Crippen molar-refractivity contribution in [3.05, 3.63) is 29.6 Å². The number of rotatable bonds is 4. The van der Waals surface area contributed by atoms with E-state index in [0.29, 0.717) is 24.6 Å². The van der Waals surface area contributed by atoms with Crippen molar-refractivity contribution in [1.29, 1.82) is 0 Å². The molecule has 4 nitrogen and oxygen atoms in total. The Labute approximate surface area is 113 Å². The van der Waals surface area contributed by atoms with Gasteiger partial charge in [-0.25, -0.2) is 12.8 Å². The minimum Gasteiger partial charge on any atom is -0.319 e. The Balaban J connectivity index is 2.23.